The molecule has 0 bridgehead atoms. The number of fused-ring (bicyclic) bond motifs is 2. The van der Waals surface area contributed by atoms with E-state index in [0.717, 1.165) is 0 Å². The number of nitrogens with zero attached hydrogens (tertiary/aromatic N) is 10. The number of aromatic hydroxyl groups is 4. The minimum atomic E-state index is -3.82. The Balaban J connectivity index is 0.000000216. The summed E-state index contributed by atoms with van der Waals surface area (Å²) < 4.78 is 70.9. The number of phenolic OH excluding ortho intramolecular Hbond substituents is 2. The first-order chi connectivity index (χ1) is 41.7. The summed E-state index contributed by atoms with van der Waals surface area (Å²) in [5.74, 6) is -0.960. The predicted octanol–water partition coefficient (Wildman–Crippen LogP) is 11.8. The summed E-state index contributed by atoms with van der Waals surface area (Å²) in [4.78, 5) is 2.03. The number of benzene rings is 5. The van der Waals surface area contributed by atoms with Crippen LogP contribution in [0.2, 0.25) is 0 Å². The van der Waals surface area contributed by atoms with E-state index in [2.05, 4.69) is 134 Å². The molecule has 25 heteroatoms. The van der Waals surface area contributed by atoms with E-state index >= 15 is 0 Å². The zero-order valence-corrected chi connectivity index (χ0v) is 54.7. The molecule has 89 heavy (non-hydrogen) atoms. The number of hydrogen-bond donors (Lipinski definition) is 6. The van der Waals surface area contributed by atoms with Gasteiger partial charge in [-0.15, -0.1) is 20.5 Å². The van der Waals surface area contributed by atoms with Gasteiger partial charge in [0.05, 0.1) is 44.8 Å². The number of rotatable bonds is 21. The molecule has 475 valence electrons. The molecule has 2 aliphatic carbocycles. The number of allylic oxidation sites excluding steroid dienone is 5. The van der Waals surface area contributed by atoms with Crippen LogP contribution in [0.25, 0.3) is 17.5 Å². The van der Waals surface area contributed by atoms with E-state index in [9.17, 15) is 37.3 Å². The van der Waals surface area contributed by atoms with Crippen LogP contribution in [0, 0.1) is 13.8 Å². The molecule has 22 nitrogen and oxygen atoms in total. The number of para-hydroxylation sites is 2. The Kier molecular flexibility index (Phi) is 24.3. The van der Waals surface area contributed by atoms with Crippen molar-refractivity contribution in [3.63, 3.8) is 0 Å². The fourth-order valence-electron chi connectivity index (χ4n) is 9.11. The van der Waals surface area contributed by atoms with Crippen molar-refractivity contribution in [2.75, 3.05) is 59.4 Å². The zero-order valence-electron chi connectivity index (χ0n) is 52.0. The van der Waals surface area contributed by atoms with E-state index in [1.807, 2.05) is 64.1 Å². The van der Waals surface area contributed by atoms with Gasteiger partial charge in [-0.3, -0.25) is 0 Å². The van der Waals surface area contributed by atoms with Crippen molar-refractivity contribution in [3.05, 3.63) is 167 Å². The number of phenols is 2. The smallest absolute Gasteiger partial charge is 0.243 e. The maximum atomic E-state index is 12.6. The second-order valence-electron chi connectivity index (χ2n) is 22.2. The molecule has 2 aromatic heterocycles. The molecule has 0 amide bonds. The summed E-state index contributed by atoms with van der Waals surface area (Å²) in [6.45, 7) is 16.9. The molecule has 5 aromatic carbocycles. The van der Waals surface area contributed by atoms with Gasteiger partial charge < -0.3 is 34.8 Å². The molecule has 1 radical (unpaired) electrons. The van der Waals surface area contributed by atoms with E-state index < -0.39 is 20.0 Å². The molecule has 0 saturated heterocycles. The second-order valence-corrected chi connectivity index (χ2v) is 25.7. The third kappa shape index (κ3) is 18.0. The molecular formula is C64H79CoN12O10S2+. The molecule has 2 aliphatic rings. The number of ether oxygens (including phenoxy) is 2. The van der Waals surface area contributed by atoms with Gasteiger partial charge in [0, 0.05) is 80.4 Å². The summed E-state index contributed by atoms with van der Waals surface area (Å²) >= 11 is 0. The first-order valence-corrected chi connectivity index (χ1v) is 31.5. The van der Waals surface area contributed by atoms with E-state index in [1.54, 1.807) is 38.1 Å². The van der Waals surface area contributed by atoms with Crippen LogP contribution in [-0.4, -0.2) is 134 Å². The number of nitrogens with one attached hydrogen (secondary N) is 2. The minimum absolute atomic E-state index is 0. The Morgan fingerprint density at radius 1 is 0.618 bits per heavy atom. The van der Waals surface area contributed by atoms with Gasteiger partial charge in [-0.05, 0) is 162 Å². The van der Waals surface area contributed by atoms with Crippen LogP contribution in [0.4, 0.5) is 28.4 Å². The monoisotopic (exact) mass is 1300 g/mol. The summed E-state index contributed by atoms with van der Waals surface area (Å²) in [7, 11) is 0.755. The summed E-state index contributed by atoms with van der Waals surface area (Å²) in [6.07, 6.45) is 10.3. The molecule has 0 unspecified atom stereocenters. The number of azo groups is 2. The quantitative estimate of drug-likeness (QED) is 0.0222. The van der Waals surface area contributed by atoms with Crippen molar-refractivity contribution in [2.24, 2.45) is 20.5 Å². The summed E-state index contributed by atoms with van der Waals surface area (Å²) in [5.41, 5.74) is 10.2. The van der Waals surface area contributed by atoms with Gasteiger partial charge in [-0.2, -0.15) is 19.6 Å². The Morgan fingerprint density at radius 3 is 1.48 bits per heavy atom. The van der Waals surface area contributed by atoms with Crippen LogP contribution < -0.4 is 14.3 Å². The minimum Gasteiger partial charge on any atom is -0.506 e. The number of sulfonamides is 2. The van der Waals surface area contributed by atoms with Crippen LogP contribution in [0.1, 0.15) is 76.9 Å². The van der Waals surface area contributed by atoms with Crippen LogP contribution in [0.3, 0.4) is 0 Å². The SMILES string of the molecule is CN(C)c1ccc2c(c1)C(C)(C)C1=CC(=[N+](C)C)C=CC1=C2.Cc1nn(-c2ccccc2)c(O)c1N=Nc1cc(S(=O)(=O)NCCCOC(C)C)ccc1O.Cc1nn(-c2ccccc2)c(O)c1N=Nc1cc(S(=O)(=O)NCCCOC(C)C)ccc1O.[Co]. The molecule has 6 N–H and O–H groups in total. The van der Waals surface area contributed by atoms with E-state index in [0.29, 0.717) is 48.8 Å². The predicted molar refractivity (Wildman–Crippen MR) is 342 cm³/mol. The first-order valence-electron chi connectivity index (χ1n) is 28.6. The molecule has 2 heterocycles. The molecule has 9 rings (SSSR count). The van der Waals surface area contributed by atoms with Gasteiger partial charge in [-0.1, -0.05) is 56.3 Å². The van der Waals surface area contributed by atoms with Crippen molar-refractivity contribution in [1.82, 2.24) is 29.0 Å². The van der Waals surface area contributed by atoms with E-state index in [1.165, 1.54) is 79.4 Å². The largest absolute Gasteiger partial charge is 0.506 e. The Morgan fingerprint density at radius 2 is 1.07 bits per heavy atom. The molecule has 0 aliphatic heterocycles. The topological polar surface area (TPSA) is 283 Å². The van der Waals surface area contributed by atoms with Crippen LogP contribution in [0.5, 0.6) is 23.3 Å². The van der Waals surface area contributed by atoms with E-state index in [4.69, 9.17) is 9.47 Å². The van der Waals surface area contributed by atoms with Crippen molar-refractivity contribution in [2.45, 2.75) is 95.6 Å². The second kappa shape index (κ2) is 30.9. The van der Waals surface area contributed by atoms with Gasteiger partial charge in [0.15, 0.2) is 17.1 Å². The van der Waals surface area contributed by atoms with Crippen molar-refractivity contribution < 1.29 is 68.1 Å². The summed E-state index contributed by atoms with van der Waals surface area (Å²) in [6, 6.07) is 32.2. The third-order valence-corrected chi connectivity index (χ3v) is 16.9. The number of aromatic nitrogens is 4. The van der Waals surface area contributed by atoms with Crippen LogP contribution in [-0.2, 0) is 51.7 Å². The van der Waals surface area contributed by atoms with Crippen LogP contribution in [0.15, 0.2) is 175 Å². The molecule has 0 atom stereocenters. The number of hydrogen-bond acceptors (Lipinski definition) is 17. The summed E-state index contributed by atoms with van der Waals surface area (Å²) in [5, 5.41) is 65.8. The fourth-order valence-corrected chi connectivity index (χ4v) is 11.3. The average molecular weight is 1300 g/mol. The van der Waals surface area contributed by atoms with E-state index in [-0.39, 0.29) is 103 Å². The first kappa shape index (κ1) is 70.0. The molecule has 7 aromatic rings. The Labute approximate surface area is 531 Å². The van der Waals surface area contributed by atoms with Gasteiger partial charge in [0.25, 0.3) is 0 Å². The molecule has 0 spiro atoms. The average Bonchev–Trinajstić information content (AvgIpc) is 1.77. The van der Waals surface area contributed by atoms with Gasteiger partial charge in [-0.25, -0.2) is 30.9 Å². The number of aryl methyl sites for hydroxylation is 2. The zero-order chi connectivity index (χ0) is 64.1. The van der Waals surface area contributed by atoms with Gasteiger partial charge in [0.1, 0.15) is 37.0 Å². The maximum absolute atomic E-state index is 12.6. The van der Waals surface area contributed by atoms with Gasteiger partial charge in [0.2, 0.25) is 31.8 Å². The van der Waals surface area contributed by atoms with Crippen LogP contribution >= 0.6 is 0 Å². The van der Waals surface area contributed by atoms with Crippen molar-refractivity contribution in [3.8, 4) is 34.6 Å². The standard InChI is InChI=1S/2C22H27N5O5S.C20H25N2.Co/c2*1-15(2)32-13-7-12-23-33(30,31)18-10-11-20(28)19(14-18)24-25-21-16(3)26-27(22(21)29)17-8-5-4-6-9-17;1-20(2)18-12-16(21(3)4)9-7-14(18)11-15-8-10-17(22(5)6)13-19(15)20;/h2*4-6,8-11,14-15,23,28-29H,7,12-13H2,1-3H3;7-13H,1-6H3;/q;;+1;. The normalized spacial score (nSPS) is 13.5. The molecular weight excluding hydrogens is 1220 g/mol. The van der Waals surface area contributed by atoms with Gasteiger partial charge >= 0.3 is 0 Å². The molecule has 0 saturated carbocycles. The Bertz CT molecular complexity index is 3830. The number of anilines is 1. The fraction of sp³-hybridized carbons (Fsp3) is 0.328. The Hall–Kier alpha value is -8.14. The van der Waals surface area contributed by atoms with Crippen molar-refractivity contribution >= 4 is 60.3 Å². The van der Waals surface area contributed by atoms with Crippen molar-refractivity contribution in [1.29, 1.82) is 0 Å². The molecule has 0 fully saturated rings. The maximum Gasteiger partial charge on any atom is 0.243 e. The third-order valence-electron chi connectivity index (χ3n) is 13.9.